The first kappa shape index (κ1) is 56.2. The van der Waals surface area contributed by atoms with E-state index in [0.717, 1.165) is 42.1 Å². The highest BCUT2D eigenvalue weighted by atomic mass is 16.2. The fourth-order valence-corrected chi connectivity index (χ4v) is 6.86. The molecule has 0 bridgehead atoms. The number of nitrogens with zero attached hydrogens (tertiary/aromatic N) is 5. The number of benzene rings is 5. The van der Waals surface area contributed by atoms with Crippen LogP contribution in [0.15, 0.2) is 213 Å². The second-order valence-corrected chi connectivity index (χ2v) is 15.8. The first-order valence-electron chi connectivity index (χ1n) is 23.0. The van der Waals surface area contributed by atoms with E-state index >= 15 is 0 Å². The molecule has 0 aliphatic carbocycles. The summed E-state index contributed by atoms with van der Waals surface area (Å²) in [7, 11) is 0. The van der Waals surface area contributed by atoms with Crippen molar-refractivity contribution in [1.29, 1.82) is 0 Å². The van der Waals surface area contributed by atoms with Crippen LogP contribution in [0, 0.1) is 0 Å². The second-order valence-electron chi connectivity index (χ2n) is 15.8. The number of allylic oxidation sites excluding steroid dienone is 1. The third kappa shape index (κ3) is 15.0. The summed E-state index contributed by atoms with van der Waals surface area (Å²) >= 11 is 0. The molecular weight excluding hydrogens is 923 g/mol. The highest BCUT2D eigenvalue weighted by Gasteiger charge is 2.28. The van der Waals surface area contributed by atoms with Crippen LogP contribution >= 0.6 is 0 Å². The van der Waals surface area contributed by atoms with Gasteiger partial charge in [0.05, 0.1) is 22.7 Å². The molecule has 10 rings (SSSR count). The van der Waals surface area contributed by atoms with Gasteiger partial charge in [-0.05, 0) is 84.3 Å². The first-order chi connectivity index (χ1) is 34.7. The van der Waals surface area contributed by atoms with Crippen molar-refractivity contribution in [2.45, 2.75) is 54.4 Å². The van der Waals surface area contributed by atoms with Crippen molar-refractivity contribution in [2.75, 3.05) is 24.5 Å². The summed E-state index contributed by atoms with van der Waals surface area (Å²) in [6, 6.07) is 41.6. The molecule has 73 heavy (non-hydrogen) atoms. The topological polar surface area (TPSA) is 170 Å². The van der Waals surface area contributed by atoms with E-state index in [0.29, 0.717) is 29.2 Å². The number of hydrogen-bond donors (Lipinski definition) is 0. The number of amides is 9. The van der Waals surface area contributed by atoms with Crippen molar-refractivity contribution >= 4 is 81.6 Å². The average molecular weight is 980 g/mol. The van der Waals surface area contributed by atoms with E-state index in [1.165, 1.54) is 67.5 Å². The summed E-state index contributed by atoms with van der Waals surface area (Å²) in [5.74, 6) is -2.53. The Labute approximate surface area is 425 Å². The quantitative estimate of drug-likeness (QED) is 0.144. The van der Waals surface area contributed by atoms with Gasteiger partial charge >= 0.3 is 0 Å². The minimum Gasteiger partial charge on any atom is -0.278 e. The average Bonchev–Trinajstić information content (AvgIpc) is 4.19. The summed E-state index contributed by atoms with van der Waals surface area (Å²) < 4.78 is 0. The predicted molar refractivity (Wildman–Crippen MR) is 286 cm³/mol. The standard InChI is InChI=1S/C21H14N2O4.C11H9NO.2C10H7NO2.2C3H8.CH4/c24-18-9-10-19(25)22(18)16-5-1-14(2-6-16)13-15-3-7-17(8-4-15)23-20(26)11-12-21(23)27;1-9-7-8-11(13)12(9)10-5-3-2-4-6-10;2*12-9-6-7-10(13)11(9)8-4-2-1-3-5-8;2*1-3-2;/h1-12H,13H2;2-8H,1H2;2*1-7H;2*3H2,1-2H3;1H4. The van der Waals surface area contributed by atoms with Crippen LogP contribution in [0.4, 0.5) is 28.4 Å². The molecule has 5 aromatic rings. The van der Waals surface area contributed by atoms with E-state index in [-0.39, 0.29) is 60.6 Å². The summed E-state index contributed by atoms with van der Waals surface area (Å²) in [6.07, 6.45) is 16.5. The first-order valence-corrected chi connectivity index (χ1v) is 23.0. The van der Waals surface area contributed by atoms with E-state index in [9.17, 15) is 43.2 Å². The van der Waals surface area contributed by atoms with Crippen molar-refractivity contribution in [3.05, 3.63) is 224 Å². The second kappa shape index (κ2) is 27.7. The maximum absolute atomic E-state index is 11.7. The molecule has 5 aliphatic heterocycles. The van der Waals surface area contributed by atoms with Gasteiger partial charge in [-0.15, -0.1) is 0 Å². The largest absolute Gasteiger partial charge is 0.278 e. The molecule has 0 saturated carbocycles. The molecule has 0 aromatic heterocycles. The molecular formula is C59H57N5O9. The van der Waals surface area contributed by atoms with Gasteiger partial charge in [0.25, 0.3) is 53.2 Å². The Morgan fingerprint density at radius 1 is 0.288 bits per heavy atom. The Morgan fingerprint density at radius 2 is 0.479 bits per heavy atom. The molecule has 9 amide bonds. The fraction of sp³-hybridized carbons (Fsp3) is 0.136. The van der Waals surface area contributed by atoms with E-state index in [4.69, 9.17) is 0 Å². The van der Waals surface area contributed by atoms with Gasteiger partial charge in [0.1, 0.15) is 0 Å². The van der Waals surface area contributed by atoms with Crippen molar-refractivity contribution in [2.24, 2.45) is 0 Å². The van der Waals surface area contributed by atoms with Crippen molar-refractivity contribution in [3.8, 4) is 0 Å². The number of anilines is 5. The molecule has 5 aliphatic rings. The summed E-state index contributed by atoms with van der Waals surface area (Å²) in [5.41, 5.74) is 5.89. The molecule has 372 valence electrons. The highest BCUT2D eigenvalue weighted by Crippen LogP contribution is 2.25. The summed E-state index contributed by atoms with van der Waals surface area (Å²) in [4.78, 5) is 109. The third-order valence-electron chi connectivity index (χ3n) is 10.0. The van der Waals surface area contributed by atoms with Gasteiger partial charge in [0.2, 0.25) is 0 Å². The molecule has 5 heterocycles. The molecule has 14 nitrogen and oxygen atoms in total. The van der Waals surface area contributed by atoms with E-state index in [1.807, 2.05) is 66.7 Å². The van der Waals surface area contributed by atoms with Crippen LogP contribution < -0.4 is 24.5 Å². The maximum atomic E-state index is 11.7. The number of carbonyl (C=O) groups excluding carboxylic acids is 9. The predicted octanol–water partition coefficient (Wildman–Crippen LogP) is 9.94. The zero-order valence-corrected chi connectivity index (χ0v) is 40.3. The van der Waals surface area contributed by atoms with Gasteiger partial charge in [-0.25, -0.2) is 19.6 Å². The maximum Gasteiger partial charge on any atom is 0.258 e. The zero-order valence-electron chi connectivity index (χ0n) is 40.3. The van der Waals surface area contributed by atoms with Crippen LogP contribution in [0.1, 0.15) is 59.1 Å². The van der Waals surface area contributed by atoms with Crippen molar-refractivity contribution in [3.63, 3.8) is 0 Å². The fourth-order valence-electron chi connectivity index (χ4n) is 6.86. The molecule has 5 aromatic carbocycles. The molecule has 0 radical (unpaired) electrons. The number of para-hydroxylation sites is 3. The number of imide groups is 4. The van der Waals surface area contributed by atoms with Gasteiger partial charge in [-0.3, -0.25) is 48.1 Å². The van der Waals surface area contributed by atoms with Crippen molar-refractivity contribution in [1.82, 2.24) is 0 Å². The highest BCUT2D eigenvalue weighted by molar-refractivity contribution is 6.30. The van der Waals surface area contributed by atoms with Crippen LogP contribution in [0.25, 0.3) is 0 Å². The van der Waals surface area contributed by atoms with Gasteiger partial charge < -0.3 is 0 Å². The SMILES string of the molecule is C.C=C1C=CC(=O)N1c1ccccc1.CCC.CCC.O=C1C=CC(=O)N1c1ccc(Cc2ccc(N3C(=O)C=CC3=O)cc2)cc1.O=C1C=CC(=O)N1c1ccccc1.O=C1C=CC(=O)N1c1ccccc1. The Hall–Kier alpha value is -9.43. The van der Waals surface area contributed by atoms with Crippen LogP contribution in [-0.4, -0.2) is 53.2 Å². The molecule has 14 heteroatoms. The minimum atomic E-state index is -0.344. The lowest BCUT2D eigenvalue weighted by molar-refractivity contribution is -0.121. The lowest BCUT2D eigenvalue weighted by Crippen LogP contribution is -2.29. The van der Waals surface area contributed by atoms with Crippen LogP contribution in [0.3, 0.4) is 0 Å². The van der Waals surface area contributed by atoms with Gasteiger partial charge in [0, 0.05) is 66.1 Å². The summed E-state index contributed by atoms with van der Waals surface area (Å²) in [5, 5.41) is 0. The number of hydrogen-bond acceptors (Lipinski definition) is 9. The lowest BCUT2D eigenvalue weighted by atomic mass is 10.0. The molecule has 0 spiro atoms. The van der Waals surface area contributed by atoms with Crippen LogP contribution in [0.2, 0.25) is 0 Å². The van der Waals surface area contributed by atoms with Gasteiger partial charge in [0.15, 0.2) is 0 Å². The smallest absolute Gasteiger partial charge is 0.258 e. The zero-order chi connectivity index (χ0) is 52.2. The normalized spacial score (nSPS) is 14.8. The van der Waals surface area contributed by atoms with Gasteiger partial charge in [-0.2, -0.15) is 0 Å². The number of carbonyl (C=O) groups is 9. The Balaban J connectivity index is 0.000000214. The molecule has 0 saturated heterocycles. The molecule has 0 fully saturated rings. The minimum absolute atomic E-state index is 0. The van der Waals surface area contributed by atoms with E-state index < -0.39 is 0 Å². The Morgan fingerprint density at radius 3 is 0.699 bits per heavy atom. The Kier molecular flexibility index (Phi) is 21.3. The molecule has 0 unspecified atom stereocenters. The van der Waals surface area contributed by atoms with E-state index in [2.05, 4.69) is 34.3 Å². The van der Waals surface area contributed by atoms with Crippen molar-refractivity contribution < 1.29 is 43.2 Å². The van der Waals surface area contributed by atoms with Crippen LogP contribution in [0.5, 0.6) is 0 Å². The van der Waals surface area contributed by atoms with Crippen LogP contribution in [-0.2, 0) is 49.6 Å². The van der Waals surface area contributed by atoms with E-state index in [1.54, 1.807) is 83.8 Å². The summed E-state index contributed by atoms with van der Waals surface area (Å²) in [6.45, 7) is 12.3. The molecule has 0 N–H and O–H groups in total. The third-order valence-corrected chi connectivity index (χ3v) is 10.0. The number of rotatable bonds is 7. The molecule has 0 atom stereocenters. The lowest BCUT2D eigenvalue weighted by Gasteiger charge is -2.16. The Bertz CT molecular complexity index is 2600. The van der Waals surface area contributed by atoms with Gasteiger partial charge in [-0.1, -0.05) is 133 Å². The monoisotopic (exact) mass is 979 g/mol.